The second-order valence-electron chi connectivity index (χ2n) is 3.22. The number of hydrogen-bond acceptors (Lipinski definition) is 3. The molecule has 0 amide bonds. The van der Waals surface area contributed by atoms with Crippen molar-refractivity contribution in [1.29, 1.82) is 5.26 Å². The second-order valence-corrected chi connectivity index (χ2v) is 3.22. The average molecular weight is 184 g/mol. The van der Waals surface area contributed by atoms with Crippen molar-refractivity contribution >= 4 is 0 Å². The first kappa shape index (κ1) is 12.4. The molecular formula is C10H20N2O. The molecule has 0 fully saturated rings. The number of nitrogens with two attached hydrogens (primary N) is 1. The Morgan fingerprint density at radius 2 is 2.00 bits per heavy atom. The van der Waals surface area contributed by atoms with Gasteiger partial charge in [-0.3, -0.25) is 0 Å². The normalized spacial score (nSPS) is 12.4. The number of nitriles is 1. The van der Waals surface area contributed by atoms with Crippen molar-refractivity contribution in [3.63, 3.8) is 0 Å². The van der Waals surface area contributed by atoms with Crippen molar-refractivity contribution in [3.05, 3.63) is 0 Å². The third-order valence-corrected chi connectivity index (χ3v) is 1.86. The van der Waals surface area contributed by atoms with Crippen molar-refractivity contribution in [2.75, 3.05) is 13.2 Å². The van der Waals surface area contributed by atoms with Gasteiger partial charge in [-0.2, -0.15) is 5.26 Å². The Labute approximate surface area is 80.9 Å². The zero-order valence-corrected chi connectivity index (χ0v) is 8.46. The molecule has 0 heterocycles. The molecule has 0 spiro atoms. The Morgan fingerprint density at radius 3 is 2.62 bits per heavy atom. The van der Waals surface area contributed by atoms with E-state index in [1.54, 1.807) is 0 Å². The van der Waals surface area contributed by atoms with E-state index in [2.05, 4.69) is 6.92 Å². The van der Waals surface area contributed by atoms with Crippen LogP contribution in [0.1, 0.15) is 39.0 Å². The maximum Gasteiger partial charge on any atom is 0.116 e. The first-order chi connectivity index (χ1) is 6.31. The van der Waals surface area contributed by atoms with Crippen LogP contribution in [0.5, 0.6) is 0 Å². The van der Waals surface area contributed by atoms with Gasteiger partial charge < -0.3 is 10.5 Å². The van der Waals surface area contributed by atoms with Crippen LogP contribution in [0.3, 0.4) is 0 Å². The molecule has 2 N–H and O–H groups in total. The fourth-order valence-electron chi connectivity index (χ4n) is 1.06. The molecule has 0 aromatic rings. The summed E-state index contributed by atoms with van der Waals surface area (Å²) < 4.78 is 5.22. The highest BCUT2D eigenvalue weighted by atomic mass is 16.5. The van der Waals surface area contributed by atoms with Crippen molar-refractivity contribution in [1.82, 2.24) is 0 Å². The van der Waals surface area contributed by atoms with E-state index in [0.29, 0.717) is 6.61 Å². The van der Waals surface area contributed by atoms with Crippen LogP contribution < -0.4 is 5.73 Å². The molecular weight excluding hydrogens is 164 g/mol. The number of ether oxygens (including phenoxy) is 1. The molecule has 0 aliphatic heterocycles. The minimum atomic E-state index is -0.462. The minimum absolute atomic E-state index is 0.365. The standard InChI is InChI=1S/C10H20N2O/c1-2-3-4-5-6-7-13-9-10(12)8-11/h10H,2-7,9,12H2,1H3. The molecule has 0 rings (SSSR count). The van der Waals surface area contributed by atoms with Gasteiger partial charge in [-0.25, -0.2) is 0 Å². The summed E-state index contributed by atoms with van der Waals surface area (Å²) >= 11 is 0. The summed E-state index contributed by atoms with van der Waals surface area (Å²) in [5, 5.41) is 8.35. The summed E-state index contributed by atoms with van der Waals surface area (Å²) in [7, 11) is 0. The van der Waals surface area contributed by atoms with Gasteiger partial charge in [-0.15, -0.1) is 0 Å². The molecule has 0 aliphatic carbocycles. The maximum absolute atomic E-state index is 8.35. The molecule has 0 aromatic heterocycles. The Balaban J connectivity index is 2.96. The summed E-state index contributed by atoms with van der Waals surface area (Å²) in [6.45, 7) is 3.30. The molecule has 0 aliphatic rings. The SMILES string of the molecule is CCCCCCCOCC(N)C#N. The predicted octanol–water partition coefficient (Wildman–Crippen LogP) is 1.82. The average Bonchev–Trinajstić information content (AvgIpc) is 2.16. The molecule has 3 heteroatoms. The number of hydrogen-bond donors (Lipinski definition) is 1. The molecule has 0 saturated carbocycles. The van der Waals surface area contributed by atoms with Crippen LogP contribution in [0.4, 0.5) is 0 Å². The number of unbranched alkanes of at least 4 members (excludes halogenated alkanes) is 4. The topological polar surface area (TPSA) is 59.0 Å². The first-order valence-electron chi connectivity index (χ1n) is 5.04. The van der Waals surface area contributed by atoms with E-state index < -0.39 is 6.04 Å². The molecule has 0 aromatic carbocycles. The van der Waals surface area contributed by atoms with E-state index in [1.165, 1.54) is 25.7 Å². The highest BCUT2D eigenvalue weighted by molar-refractivity contribution is 4.85. The van der Waals surface area contributed by atoms with Crippen LogP contribution in [-0.4, -0.2) is 19.3 Å². The summed E-state index contributed by atoms with van der Waals surface area (Å²) in [6.07, 6.45) is 6.15. The van der Waals surface area contributed by atoms with Crippen LogP contribution in [0.25, 0.3) is 0 Å². The monoisotopic (exact) mass is 184 g/mol. The molecule has 3 nitrogen and oxygen atoms in total. The zero-order chi connectivity index (χ0) is 9.94. The van der Waals surface area contributed by atoms with Gasteiger partial charge in [0.05, 0.1) is 12.7 Å². The summed E-state index contributed by atoms with van der Waals surface area (Å²) in [6, 6.07) is 1.47. The van der Waals surface area contributed by atoms with E-state index in [1.807, 2.05) is 6.07 Å². The molecule has 0 radical (unpaired) electrons. The van der Waals surface area contributed by atoms with Gasteiger partial charge in [0.1, 0.15) is 6.04 Å². The number of nitrogens with zero attached hydrogens (tertiary/aromatic N) is 1. The van der Waals surface area contributed by atoms with Crippen molar-refractivity contribution in [2.24, 2.45) is 5.73 Å². The van der Waals surface area contributed by atoms with Crippen LogP contribution in [-0.2, 0) is 4.74 Å². The lowest BCUT2D eigenvalue weighted by Gasteiger charge is -2.04. The van der Waals surface area contributed by atoms with Crippen LogP contribution in [0, 0.1) is 11.3 Å². The number of rotatable bonds is 8. The summed E-state index contributed by atoms with van der Waals surface area (Å²) in [4.78, 5) is 0. The largest absolute Gasteiger partial charge is 0.379 e. The van der Waals surface area contributed by atoms with Crippen LogP contribution >= 0.6 is 0 Å². The third-order valence-electron chi connectivity index (χ3n) is 1.86. The van der Waals surface area contributed by atoms with Gasteiger partial charge in [-0.05, 0) is 6.42 Å². The summed E-state index contributed by atoms with van der Waals surface area (Å²) in [5.74, 6) is 0. The van der Waals surface area contributed by atoms with Gasteiger partial charge in [0.25, 0.3) is 0 Å². The van der Waals surface area contributed by atoms with E-state index in [0.717, 1.165) is 13.0 Å². The Bertz CT molecular complexity index is 142. The Hall–Kier alpha value is -0.590. The van der Waals surface area contributed by atoms with E-state index >= 15 is 0 Å². The van der Waals surface area contributed by atoms with Gasteiger partial charge in [-0.1, -0.05) is 32.6 Å². The fraction of sp³-hybridized carbons (Fsp3) is 0.900. The molecule has 0 bridgehead atoms. The van der Waals surface area contributed by atoms with Crippen LogP contribution in [0.2, 0.25) is 0 Å². The van der Waals surface area contributed by atoms with E-state index in [-0.39, 0.29) is 0 Å². The predicted molar refractivity (Wildman–Crippen MR) is 53.2 cm³/mol. The lowest BCUT2D eigenvalue weighted by Crippen LogP contribution is -2.24. The van der Waals surface area contributed by atoms with Crippen molar-refractivity contribution in [3.8, 4) is 6.07 Å². The molecule has 1 atom stereocenters. The lowest BCUT2D eigenvalue weighted by atomic mass is 10.2. The Morgan fingerprint density at radius 1 is 1.31 bits per heavy atom. The molecule has 0 saturated heterocycles. The summed E-state index contributed by atoms with van der Waals surface area (Å²) in [5.41, 5.74) is 5.35. The third kappa shape index (κ3) is 9.32. The highest BCUT2D eigenvalue weighted by Gasteiger charge is 1.98. The van der Waals surface area contributed by atoms with Gasteiger partial charge in [0.15, 0.2) is 0 Å². The highest BCUT2D eigenvalue weighted by Crippen LogP contribution is 2.02. The van der Waals surface area contributed by atoms with E-state index in [9.17, 15) is 0 Å². The quantitative estimate of drug-likeness (QED) is 0.585. The second kappa shape index (κ2) is 9.50. The molecule has 13 heavy (non-hydrogen) atoms. The van der Waals surface area contributed by atoms with Crippen LogP contribution in [0.15, 0.2) is 0 Å². The van der Waals surface area contributed by atoms with Crippen molar-refractivity contribution in [2.45, 2.75) is 45.1 Å². The van der Waals surface area contributed by atoms with Gasteiger partial charge in [0, 0.05) is 6.61 Å². The molecule has 1 unspecified atom stereocenters. The maximum atomic E-state index is 8.35. The molecule has 76 valence electrons. The van der Waals surface area contributed by atoms with Crippen molar-refractivity contribution < 1.29 is 4.74 Å². The van der Waals surface area contributed by atoms with Gasteiger partial charge >= 0.3 is 0 Å². The minimum Gasteiger partial charge on any atom is -0.379 e. The fourth-order valence-corrected chi connectivity index (χ4v) is 1.06. The first-order valence-corrected chi connectivity index (χ1v) is 5.04. The zero-order valence-electron chi connectivity index (χ0n) is 8.46. The van der Waals surface area contributed by atoms with Gasteiger partial charge in [0.2, 0.25) is 0 Å². The lowest BCUT2D eigenvalue weighted by molar-refractivity contribution is 0.126. The smallest absolute Gasteiger partial charge is 0.116 e. The Kier molecular flexibility index (Phi) is 9.07. The van der Waals surface area contributed by atoms with E-state index in [4.69, 9.17) is 15.7 Å².